The molecule has 0 aliphatic rings. The molecule has 4 heterocycles. The van der Waals surface area contributed by atoms with Gasteiger partial charge in [-0.25, -0.2) is 29.7 Å². The number of aliphatic carboxylic acids is 2. The van der Waals surface area contributed by atoms with Gasteiger partial charge in [-0.15, -0.1) is 0 Å². The first kappa shape index (κ1) is 61.1. The lowest BCUT2D eigenvalue weighted by atomic mass is 10.2. The second-order valence-corrected chi connectivity index (χ2v) is 19.8. The molecule has 0 fully saturated rings. The lowest BCUT2D eigenvalue weighted by molar-refractivity contribution is -0.145. The van der Waals surface area contributed by atoms with E-state index >= 15 is 0 Å². The third-order valence-corrected chi connectivity index (χ3v) is 13.5. The number of rotatable bonds is 28. The van der Waals surface area contributed by atoms with Gasteiger partial charge in [-0.1, -0.05) is 60.7 Å². The fourth-order valence-corrected chi connectivity index (χ4v) is 9.57. The number of nitrogens with two attached hydrogens (primary N) is 2. The standard InChI is InChI=1S/2C21H29N6O6P.C4H4O4/c2*1-4-32-20(28)15(2)26-34(29,33-12-16-8-6-5-7-9-16)14-31-11-10-27-13-23-17-18(27)24-21(22)25-19(17)30-3;5-3(6)1-2-4(7)8/h2*5-9,13,15H,4,10-12,14H2,1-3H3,(H,26,29)(H2,22,24,25);1-2H,(H,5,6)(H,7,8)/b;;2-1+/t2*15-,34-;/m00./s1. The second-order valence-electron chi connectivity index (χ2n) is 15.6. The van der Waals surface area contributed by atoms with Crippen LogP contribution in [0.25, 0.3) is 22.3 Å². The molecule has 412 valence electrons. The Morgan fingerprint density at radius 2 is 1.00 bits per heavy atom. The first-order valence-electron chi connectivity index (χ1n) is 23.1. The maximum absolute atomic E-state index is 13.5. The third-order valence-electron chi connectivity index (χ3n) is 9.76. The van der Waals surface area contributed by atoms with Gasteiger partial charge in [0.1, 0.15) is 24.8 Å². The molecule has 0 amide bonds. The third kappa shape index (κ3) is 20.0. The summed E-state index contributed by atoms with van der Waals surface area (Å²) >= 11 is 0. The Balaban J connectivity index is 0.000000287. The van der Waals surface area contributed by atoms with Gasteiger partial charge < -0.3 is 68.3 Å². The predicted octanol–water partition coefficient (Wildman–Crippen LogP) is 4.40. The maximum Gasteiger partial charge on any atom is 0.328 e. The number of nitrogen functional groups attached to an aromatic ring is 2. The zero-order valence-electron chi connectivity index (χ0n) is 42.5. The van der Waals surface area contributed by atoms with E-state index in [2.05, 4.69) is 40.1 Å². The number of aromatic nitrogens is 8. The Kier molecular flexibility index (Phi) is 24.8. The fourth-order valence-electron chi connectivity index (χ4n) is 6.28. The van der Waals surface area contributed by atoms with Crippen molar-refractivity contribution in [2.75, 3.05) is 64.8 Å². The maximum atomic E-state index is 13.5. The summed E-state index contributed by atoms with van der Waals surface area (Å²) in [5.74, 6) is -2.90. The molecule has 28 nitrogen and oxygen atoms in total. The van der Waals surface area contributed by atoms with Crippen molar-refractivity contribution >= 4 is 73.1 Å². The summed E-state index contributed by atoms with van der Waals surface area (Å²) in [5, 5.41) is 21.1. The van der Waals surface area contributed by atoms with E-state index in [0.717, 1.165) is 11.1 Å². The van der Waals surface area contributed by atoms with Crippen LogP contribution in [-0.2, 0) is 82.6 Å². The first-order valence-corrected chi connectivity index (χ1v) is 26.7. The van der Waals surface area contributed by atoms with Gasteiger partial charge in [-0.2, -0.15) is 19.9 Å². The molecular weight excluding hydrogens is 1040 g/mol. The molecule has 0 saturated carbocycles. The Labute approximate surface area is 436 Å². The number of anilines is 2. The summed E-state index contributed by atoms with van der Waals surface area (Å²) < 4.78 is 73.5. The Morgan fingerprint density at radius 1 is 0.632 bits per heavy atom. The van der Waals surface area contributed by atoms with Crippen molar-refractivity contribution in [1.29, 1.82) is 0 Å². The van der Waals surface area contributed by atoms with Gasteiger partial charge in [-0.3, -0.25) is 18.7 Å². The predicted molar refractivity (Wildman–Crippen MR) is 275 cm³/mol. The van der Waals surface area contributed by atoms with Gasteiger partial charge in [0.05, 0.1) is 66.5 Å². The molecule has 0 aliphatic carbocycles. The molecule has 0 unspecified atom stereocenters. The summed E-state index contributed by atoms with van der Waals surface area (Å²) in [7, 11) is -4.17. The number of nitrogens with one attached hydrogen (secondary N) is 2. The van der Waals surface area contributed by atoms with Gasteiger partial charge >= 0.3 is 23.9 Å². The number of carbonyl (C=O) groups excluding carboxylic acids is 2. The van der Waals surface area contributed by atoms with Gasteiger partial charge in [0.2, 0.25) is 23.7 Å². The van der Waals surface area contributed by atoms with Crippen LogP contribution in [0.4, 0.5) is 11.9 Å². The summed E-state index contributed by atoms with van der Waals surface area (Å²) in [6.45, 7) is 8.18. The van der Waals surface area contributed by atoms with Gasteiger partial charge in [-0.05, 0) is 38.8 Å². The number of imidazole rings is 2. The molecule has 4 aromatic heterocycles. The van der Waals surface area contributed by atoms with Crippen molar-refractivity contribution in [3.8, 4) is 11.8 Å². The van der Waals surface area contributed by atoms with E-state index in [0.29, 0.717) is 47.6 Å². The van der Waals surface area contributed by atoms with Crippen molar-refractivity contribution in [2.45, 2.75) is 66.1 Å². The zero-order chi connectivity index (χ0) is 55.7. The molecule has 0 radical (unpaired) electrons. The SMILES string of the molecule is CCOC(=O)[C@H](C)N[P@](=O)(COCCn1cnc2c(OC)nc(N)nc21)OCc1ccccc1.CCOC(=O)[C@H](C)N[P@](=O)(COCCn1cnc2c(OC)nc(N)nc21)OCc1ccccc1.O=C(O)/C=C/C(=O)O. The zero-order valence-corrected chi connectivity index (χ0v) is 44.3. The number of carboxylic acids is 2. The minimum absolute atomic E-state index is 0.0583. The number of benzene rings is 2. The van der Waals surface area contributed by atoms with Crippen LogP contribution in [0.1, 0.15) is 38.8 Å². The van der Waals surface area contributed by atoms with E-state index < -0.39 is 51.0 Å². The highest BCUT2D eigenvalue weighted by Crippen LogP contribution is 2.45. The highest BCUT2D eigenvalue weighted by atomic mass is 31.2. The van der Waals surface area contributed by atoms with Crippen LogP contribution in [-0.4, -0.2) is 139 Å². The average Bonchev–Trinajstić information content (AvgIpc) is 4.01. The van der Waals surface area contributed by atoms with Gasteiger partial charge in [0, 0.05) is 25.2 Å². The minimum Gasteiger partial charge on any atom is -0.479 e. The number of hydrogen-bond acceptors (Lipinski definition) is 22. The van der Waals surface area contributed by atoms with Crippen LogP contribution in [0.3, 0.4) is 0 Å². The molecule has 6 aromatic rings. The molecule has 0 saturated heterocycles. The van der Waals surface area contributed by atoms with Crippen molar-refractivity contribution in [3.05, 3.63) is 96.6 Å². The van der Waals surface area contributed by atoms with Crippen molar-refractivity contribution in [3.63, 3.8) is 0 Å². The van der Waals surface area contributed by atoms with Crippen LogP contribution < -0.4 is 31.1 Å². The summed E-state index contributed by atoms with van der Waals surface area (Å²) in [5.41, 5.74) is 15.1. The molecule has 8 N–H and O–H groups in total. The molecule has 30 heteroatoms. The van der Waals surface area contributed by atoms with Gasteiger partial charge in [0.15, 0.2) is 22.3 Å². The fraction of sp³-hybridized carbons (Fsp3) is 0.391. The summed E-state index contributed by atoms with van der Waals surface area (Å²) in [6.07, 6.45) is 3.74. The second kappa shape index (κ2) is 30.8. The molecular formula is C46H62N12O16P2. The molecule has 2 aromatic carbocycles. The Hall–Kier alpha value is -7.42. The number of fused-ring (bicyclic) bond motifs is 2. The number of nitrogens with zero attached hydrogens (tertiary/aromatic N) is 8. The highest BCUT2D eigenvalue weighted by Gasteiger charge is 2.31. The van der Waals surface area contributed by atoms with E-state index in [4.69, 9.17) is 59.1 Å². The van der Waals surface area contributed by atoms with Crippen LogP contribution in [0, 0.1) is 0 Å². The van der Waals surface area contributed by atoms with E-state index in [1.165, 1.54) is 14.2 Å². The monoisotopic (exact) mass is 1100 g/mol. The van der Waals surface area contributed by atoms with E-state index in [1.54, 1.807) is 49.5 Å². The minimum atomic E-state index is -3.56. The lowest BCUT2D eigenvalue weighted by Crippen LogP contribution is -2.34. The smallest absolute Gasteiger partial charge is 0.328 e. The first-order chi connectivity index (χ1) is 36.3. The summed E-state index contributed by atoms with van der Waals surface area (Å²) in [4.78, 5) is 68.1. The average molecular weight is 1100 g/mol. The molecule has 76 heavy (non-hydrogen) atoms. The number of esters is 2. The van der Waals surface area contributed by atoms with E-state index in [1.807, 2.05) is 60.7 Å². The molecule has 4 atom stereocenters. The number of ether oxygens (including phenoxy) is 6. The normalized spacial score (nSPS) is 13.5. The van der Waals surface area contributed by atoms with Crippen molar-refractivity contribution < 1.29 is 76.0 Å². The number of methoxy groups -OCH3 is 2. The quantitative estimate of drug-likeness (QED) is 0.0172. The molecule has 6 rings (SSSR count). The summed E-state index contributed by atoms with van der Waals surface area (Å²) in [6, 6.07) is 16.9. The number of carboxylic acid groups (broad SMARTS) is 2. The van der Waals surface area contributed by atoms with Crippen LogP contribution in [0.5, 0.6) is 11.8 Å². The topological polar surface area (TPSA) is 380 Å². The molecule has 0 aliphatic heterocycles. The largest absolute Gasteiger partial charge is 0.479 e. The van der Waals surface area contributed by atoms with Crippen LogP contribution in [0.15, 0.2) is 85.5 Å². The van der Waals surface area contributed by atoms with E-state index in [-0.39, 0.29) is 76.0 Å². The highest BCUT2D eigenvalue weighted by molar-refractivity contribution is 7.57. The van der Waals surface area contributed by atoms with Crippen LogP contribution >= 0.6 is 15.0 Å². The van der Waals surface area contributed by atoms with Crippen LogP contribution in [0.2, 0.25) is 0 Å². The number of carbonyl (C=O) groups is 4. The molecule has 0 spiro atoms. The Bertz CT molecular complexity index is 2750. The van der Waals surface area contributed by atoms with Gasteiger partial charge in [0.25, 0.3) is 15.0 Å². The lowest BCUT2D eigenvalue weighted by Gasteiger charge is -2.23. The Morgan fingerprint density at radius 3 is 1.33 bits per heavy atom. The molecule has 0 bridgehead atoms. The number of hydrogen-bond donors (Lipinski definition) is 6. The van der Waals surface area contributed by atoms with Crippen molar-refractivity contribution in [2.24, 2.45) is 0 Å². The van der Waals surface area contributed by atoms with Crippen molar-refractivity contribution in [1.82, 2.24) is 49.2 Å². The van der Waals surface area contributed by atoms with E-state index in [9.17, 15) is 28.3 Å².